The van der Waals surface area contributed by atoms with Gasteiger partial charge in [-0.15, -0.1) is 0 Å². The van der Waals surface area contributed by atoms with Gasteiger partial charge in [0, 0.05) is 35.2 Å². The van der Waals surface area contributed by atoms with Crippen molar-refractivity contribution in [3.8, 4) is 5.75 Å². The minimum absolute atomic E-state index is 0.101. The summed E-state index contributed by atoms with van der Waals surface area (Å²) in [6.07, 6.45) is 2.45. The molecule has 232 valence electrons. The molecule has 0 radical (unpaired) electrons. The number of para-hydroxylation sites is 2. The van der Waals surface area contributed by atoms with Gasteiger partial charge in [0.1, 0.15) is 24.1 Å². The van der Waals surface area contributed by atoms with Crippen LogP contribution in [0.5, 0.6) is 5.75 Å². The Morgan fingerprint density at radius 2 is 1.57 bits per heavy atom. The second-order valence-electron chi connectivity index (χ2n) is 11.6. The molecule has 2 N–H and O–H groups in total. The van der Waals surface area contributed by atoms with Crippen LogP contribution in [0, 0.1) is 5.92 Å². The number of fused-ring (bicyclic) bond motifs is 1. The molecule has 1 atom stereocenters. The van der Waals surface area contributed by atoms with E-state index in [2.05, 4.69) is 10.3 Å². The van der Waals surface area contributed by atoms with Crippen LogP contribution in [0.4, 0.5) is 5.69 Å². The third-order valence-electron chi connectivity index (χ3n) is 8.11. The van der Waals surface area contributed by atoms with Gasteiger partial charge in [0.25, 0.3) is 5.91 Å². The third-order valence-corrected chi connectivity index (χ3v) is 8.11. The standard InChI is InChI=1S/C38H35N3O5/c42-36(29-9-2-1-3-10-29)31-11-5-7-13-33(31)40-35(38(44)45)24-26-16-19-30(20-17-26)46-23-22-41(25-27-14-15-27)37(43)34-21-18-28-8-4-6-12-32(28)39-34/h1-13,16-21,27,35,40H,14-15,22-25H2,(H,44,45). The van der Waals surface area contributed by atoms with Crippen LogP contribution in [0.1, 0.15) is 44.8 Å². The number of carboxylic acids is 1. The molecule has 1 unspecified atom stereocenters. The number of aromatic nitrogens is 1. The predicted octanol–water partition coefficient (Wildman–Crippen LogP) is 6.50. The maximum Gasteiger partial charge on any atom is 0.326 e. The zero-order valence-electron chi connectivity index (χ0n) is 25.3. The number of anilines is 1. The summed E-state index contributed by atoms with van der Waals surface area (Å²) in [6, 6.07) is 33.6. The zero-order valence-corrected chi connectivity index (χ0v) is 25.3. The maximum absolute atomic E-state index is 13.4. The predicted molar refractivity (Wildman–Crippen MR) is 177 cm³/mol. The summed E-state index contributed by atoms with van der Waals surface area (Å²) in [6.45, 7) is 1.42. The van der Waals surface area contributed by atoms with Crippen molar-refractivity contribution in [2.45, 2.75) is 25.3 Å². The number of nitrogens with one attached hydrogen (secondary N) is 1. The van der Waals surface area contributed by atoms with Gasteiger partial charge in [-0.05, 0) is 60.7 Å². The fourth-order valence-electron chi connectivity index (χ4n) is 5.41. The number of carboxylic acid groups (broad SMARTS) is 1. The van der Waals surface area contributed by atoms with Crippen LogP contribution >= 0.6 is 0 Å². The second-order valence-corrected chi connectivity index (χ2v) is 11.6. The SMILES string of the molecule is O=C(c1ccccc1)c1ccccc1NC(Cc1ccc(OCCN(CC2CC2)C(=O)c2ccc3ccccc3n2)cc1)C(=O)O. The molecule has 6 rings (SSSR count). The van der Waals surface area contributed by atoms with Crippen molar-refractivity contribution in [3.05, 3.63) is 138 Å². The van der Waals surface area contributed by atoms with Crippen LogP contribution in [0.2, 0.25) is 0 Å². The number of rotatable bonds is 14. The van der Waals surface area contributed by atoms with Crippen molar-refractivity contribution < 1.29 is 24.2 Å². The molecule has 0 bridgehead atoms. The van der Waals surface area contributed by atoms with E-state index in [0.29, 0.717) is 53.9 Å². The molecule has 8 heteroatoms. The van der Waals surface area contributed by atoms with Gasteiger partial charge >= 0.3 is 5.97 Å². The Labute approximate surface area is 267 Å². The molecule has 1 aromatic heterocycles. The summed E-state index contributed by atoms with van der Waals surface area (Å²) in [5, 5.41) is 14.1. The number of hydrogen-bond acceptors (Lipinski definition) is 6. The van der Waals surface area contributed by atoms with Crippen molar-refractivity contribution in [1.82, 2.24) is 9.88 Å². The van der Waals surface area contributed by atoms with Gasteiger partial charge in [0.2, 0.25) is 0 Å². The van der Waals surface area contributed by atoms with Gasteiger partial charge in [0.15, 0.2) is 5.78 Å². The average Bonchev–Trinajstić information content (AvgIpc) is 3.92. The molecular weight excluding hydrogens is 578 g/mol. The lowest BCUT2D eigenvalue weighted by Gasteiger charge is -2.22. The van der Waals surface area contributed by atoms with Crippen LogP contribution in [-0.2, 0) is 11.2 Å². The number of pyridine rings is 1. The van der Waals surface area contributed by atoms with Crippen LogP contribution in [0.25, 0.3) is 10.9 Å². The summed E-state index contributed by atoms with van der Waals surface area (Å²) in [7, 11) is 0. The van der Waals surface area contributed by atoms with Crippen molar-refractivity contribution >= 4 is 34.3 Å². The highest BCUT2D eigenvalue weighted by Crippen LogP contribution is 2.30. The molecule has 1 saturated carbocycles. The zero-order chi connectivity index (χ0) is 31.9. The maximum atomic E-state index is 13.4. The molecule has 46 heavy (non-hydrogen) atoms. The van der Waals surface area contributed by atoms with Crippen molar-refractivity contribution in [2.75, 3.05) is 25.0 Å². The number of benzene rings is 4. The number of ether oxygens (including phenoxy) is 1. The first kappa shape index (κ1) is 30.5. The Hall–Kier alpha value is -5.50. The van der Waals surface area contributed by atoms with Gasteiger partial charge in [0.05, 0.1) is 12.1 Å². The molecule has 0 spiro atoms. The molecule has 0 saturated heterocycles. The Morgan fingerprint density at radius 3 is 2.33 bits per heavy atom. The third kappa shape index (κ3) is 7.58. The Balaban J connectivity index is 1.07. The normalized spacial score (nSPS) is 13.1. The smallest absolute Gasteiger partial charge is 0.326 e. The van der Waals surface area contributed by atoms with E-state index in [9.17, 15) is 19.5 Å². The summed E-state index contributed by atoms with van der Waals surface area (Å²) in [5.74, 6) is -0.160. The van der Waals surface area contributed by atoms with E-state index in [4.69, 9.17) is 4.74 Å². The summed E-state index contributed by atoms with van der Waals surface area (Å²) in [4.78, 5) is 45.2. The molecule has 8 nitrogen and oxygen atoms in total. The number of ketones is 1. The van der Waals surface area contributed by atoms with E-state index in [1.165, 1.54) is 0 Å². The first-order valence-electron chi connectivity index (χ1n) is 15.5. The molecule has 1 amide bonds. The highest BCUT2D eigenvalue weighted by atomic mass is 16.5. The van der Waals surface area contributed by atoms with Gasteiger partial charge in [-0.1, -0.05) is 78.9 Å². The Morgan fingerprint density at radius 1 is 0.848 bits per heavy atom. The van der Waals surface area contributed by atoms with Gasteiger partial charge in [-0.3, -0.25) is 9.59 Å². The van der Waals surface area contributed by atoms with Gasteiger partial charge in [-0.25, -0.2) is 9.78 Å². The van der Waals surface area contributed by atoms with Gasteiger partial charge in [-0.2, -0.15) is 0 Å². The highest BCUT2D eigenvalue weighted by molar-refractivity contribution is 6.12. The fourth-order valence-corrected chi connectivity index (χ4v) is 5.41. The van der Waals surface area contributed by atoms with Crippen LogP contribution in [0.15, 0.2) is 115 Å². The van der Waals surface area contributed by atoms with Crippen LogP contribution in [0.3, 0.4) is 0 Å². The molecule has 1 fully saturated rings. The molecule has 1 aliphatic rings. The average molecular weight is 614 g/mol. The number of carbonyl (C=O) groups is 3. The van der Waals surface area contributed by atoms with E-state index in [0.717, 1.165) is 29.3 Å². The van der Waals surface area contributed by atoms with E-state index < -0.39 is 12.0 Å². The quantitative estimate of drug-likeness (QED) is 0.138. The fraction of sp³-hybridized carbons (Fsp3) is 0.211. The largest absolute Gasteiger partial charge is 0.492 e. The molecule has 4 aromatic carbocycles. The summed E-state index contributed by atoms with van der Waals surface area (Å²) < 4.78 is 6.00. The first-order chi connectivity index (χ1) is 22.4. The first-order valence-corrected chi connectivity index (χ1v) is 15.5. The number of hydrogen-bond donors (Lipinski definition) is 2. The molecule has 1 aliphatic carbocycles. The molecule has 1 heterocycles. The van der Waals surface area contributed by atoms with E-state index in [-0.39, 0.29) is 18.1 Å². The Kier molecular flexibility index (Phi) is 9.34. The van der Waals surface area contributed by atoms with Crippen LogP contribution < -0.4 is 10.1 Å². The lowest BCUT2D eigenvalue weighted by molar-refractivity contribution is -0.137. The number of carbonyl (C=O) groups excluding carboxylic acids is 2. The minimum Gasteiger partial charge on any atom is -0.492 e. The van der Waals surface area contributed by atoms with Crippen molar-refractivity contribution in [2.24, 2.45) is 5.92 Å². The topological polar surface area (TPSA) is 109 Å². The minimum atomic E-state index is -1.02. The van der Waals surface area contributed by atoms with E-state index >= 15 is 0 Å². The summed E-state index contributed by atoms with van der Waals surface area (Å²) in [5.41, 5.74) is 3.43. The second kappa shape index (κ2) is 14.1. The lowest BCUT2D eigenvalue weighted by atomic mass is 10.00. The number of amides is 1. The number of aliphatic carboxylic acids is 1. The lowest BCUT2D eigenvalue weighted by Crippen LogP contribution is -2.36. The van der Waals surface area contributed by atoms with Gasteiger partial charge < -0.3 is 20.1 Å². The van der Waals surface area contributed by atoms with Crippen LogP contribution in [-0.4, -0.2) is 58.4 Å². The van der Waals surface area contributed by atoms with Crippen molar-refractivity contribution in [3.63, 3.8) is 0 Å². The van der Waals surface area contributed by atoms with Crippen molar-refractivity contribution in [1.29, 1.82) is 0 Å². The molecular formula is C38H35N3O5. The monoisotopic (exact) mass is 613 g/mol. The number of nitrogens with zero attached hydrogens (tertiary/aromatic N) is 2. The Bertz CT molecular complexity index is 1840. The summed E-state index contributed by atoms with van der Waals surface area (Å²) >= 11 is 0. The highest BCUT2D eigenvalue weighted by Gasteiger charge is 2.28. The molecule has 0 aliphatic heterocycles. The van der Waals surface area contributed by atoms with E-state index in [1.54, 1.807) is 66.7 Å². The molecule has 5 aromatic rings. The van der Waals surface area contributed by atoms with E-state index in [1.807, 2.05) is 53.4 Å².